The summed E-state index contributed by atoms with van der Waals surface area (Å²) in [6.45, 7) is 11.2. The molecule has 0 spiro atoms. The van der Waals surface area contributed by atoms with E-state index in [0.29, 0.717) is 23.8 Å². The Balaban J connectivity index is 1.09. The minimum Gasteiger partial charge on any atom is -0.343 e. The number of fused-ring (bicyclic) bond motifs is 3. The number of amides is 1. The van der Waals surface area contributed by atoms with E-state index in [1.54, 1.807) is 0 Å². The first-order chi connectivity index (χ1) is 18.8. The molecule has 4 saturated heterocycles. The Hall–Kier alpha value is -2.85. The molecule has 4 aliphatic rings. The highest BCUT2D eigenvalue weighted by Gasteiger charge is 2.51. The molecule has 0 saturated carbocycles. The third-order valence-electron chi connectivity index (χ3n) is 10.2. The third kappa shape index (κ3) is 4.55. The van der Waals surface area contributed by atoms with Gasteiger partial charge in [0, 0.05) is 47.8 Å². The largest absolute Gasteiger partial charge is 0.343 e. The molecule has 0 radical (unpaired) electrons. The van der Waals surface area contributed by atoms with Gasteiger partial charge < -0.3 is 9.47 Å². The van der Waals surface area contributed by atoms with Crippen molar-refractivity contribution in [3.05, 3.63) is 77.0 Å². The monoisotopic (exact) mass is 521 g/mol. The van der Waals surface area contributed by atoms with Crippen LogP contribution in [0.25, 0.3) is 17.0 Å². The number of rotatable bonds is 3. The van der Waals surface area contributed by atoms with Crippen LogP contribution in [0, 0.1) is 11.8 Å². The van der Waals surface area contributed by atoms with Crippen LogP contribution in [-0.2, 0) is 16.8 Å². The second-order valence-corrected chi connectivity index (χ2v) is 13.7. The second kappa shape index (κ2) is 9.66. The smallest absolute Gasteiger partial charge is 0.250 e. The maximum atomic E-state index is 13.8. The van der Waals surface area contributed by atoms with Crippen molar-refractivity contribution in [1.29, 1.82) is 0 Å². The first kappa shape index (κ1) is 25.1. The van der Waals surface area contributed by atoms with Gasteiger partial charge in [-0.05, 0) is 110 Å². The average molecular weight is 522 g/mol. The van der Waals surface area contributed by atoms with Crippen molar-refractivity contribution < 1.29 is 4.79 Å². The molecule has 4 nitrogen and oxygen atoms in total. The number of carbonyl (C=O) groups excluding carboxylic acids is 1. The van der Waals surface area contributed by atoms with Crippen molar-refractivity contribution >= 4 is 22.9 Å². The Morgan fingerprint density at radius 2 is 1.74 bits per heavy atom. The van der Waals surface area contributed by atoms with Crippen LogP contribution in [0.3, 0.4) is 0 Å². The highest BCUT2D eigenvalue weighted by Crippen LogP contribution is 2.45. The molecular formula is C35H43N3O. The fourth-order valence-corrected chi connectivity index (χ4v) is 8.28. The number of carbonyl (C=O) groups is 1. The summed E-state index contributed by atoms with van der Waals surface area (Å²) in [5, 5.41) is 1.24. The van der Waals surface area contributed by atoms with Gasteiger partial charge in [0.25, 0.3) is 0 Å². The highest BCUT2D eigenvalue weighted by molar-refractivity contribution is 5.99. The molecule has 39 heavy (non-hydrogen) atoms. The van der Waals surface area contributed by atoms with Crippen molar-refractivity contribution in [2.45, 2.75) is 83.3 Å². The topological polar surface area (TPSA) is 28.5 Å². The zero-order valence-electron chi connectivity index (χ0n) is 23.9. The van der Waals surface area contributed by atoms with Gasteiger partial charge in [0.05, 0.1) is 0 Å². The molecule has 0 aliphatic carbocycles. The van der Waals surface area contributed by atoms with Crippen LogP contribution in [0.5, 0.6) is 0 Å². The Morgan fingerprint density at radius 1 is 0.949 bits per heavy atom. The van der Waals surface area contributed by atoms with Crippen LogP contribution in [-0.4, -0.2) is 52.0 Å². The van der Waals surface area contributed by atoms with E-state index in [2.05, 4.69) is 95.9 Å². The SMILES string of the molecule is CC(C)(C)c1ccc(Cn2ccc3cc(/C=C4\CC[C@@H]5[C@H]6CCCN7CCC[C@@H](CN5C4=O)[C@@H]67)ccc32)cc1. The Bertz CT molecular complexity index is 1410. The Morgan fingerprint density at radius 3 is 2.54 bits per heavy atom. The highest BCUT2D eigenvalue weighted by atomic mass is 16.2. The van der Waals surface area contributed by atoms with Crippen LogP contribution in [0.1, 0.15) is 76.0 Å². The molecule has 3 aromatic rings. The molecule has 4 heteroatoms. The number of aromatic nitrogens is 1. The predicted octanol–water partition coefficient (Wildman–Crippen LogP) is 6.87. The summed E-state index contributed by atoms with van der Waals surface area (Å²) in [6.07, 6.45) is 11.6. The Labute approximate surface area is 233 Å². The maximum absolute atomic E-state index is 13.8. The van der Waals surface area contributed by atoms with Gasteiger partial charge in [-0.1, -0.05) is 51.1 Å². The van der Waals surface area contributed by atoms with Crippen molar-refractivity contribution in [2.75, 3.05) is 19.6 Å². The van der Waals surface area contributed by atoms with Gasteiger partial charge in [-0.15, -0.1) is 0 Å². The standard InChI is InChI=1S/C35H43N3O/c1-35(2,3)29-12-8-24(9-13-29)22-37-19-16-26-20-25(10-14-31(26)37)21-27-11-15-32-30-7-5-18-36-17-4-6-28(33(30)36)23-38(32)34(27)39/h8-10,12-14,16,19-21,28,30,32-33H,4-7,11,15,17-18,22-23H2,1-3H3/b27-21+/t28-,30+,32+,33-/m0/s1. The van der Waals surface area contributed by atoms with Gasteiger partial charge in [0.15, 0.2) is 0 Å². The number of hydrogen-bond donors (Lipinski definition) is 0. The van der Waals surface area contributed by atoms with E-state index in [0.717, 1.165) is 43.1 Å². The summed E-state index contributed by atoms with van der Waals surface area (Å²) in [7, 11) is 0. The molecule has 4 atom stereocenters. The van der Waals surface area contributed by atoms with Crippen LogP contribution in [0.15, 0.2) is 60.3 Å². The lowest BCUT2D eigenvalue weighted by atomic mass is 9.67. The number of piperidine rings is 4. The second-order valence-electron chi connectivity index (χ2n) is 13.7. The number of nitrogens with zero attached hydrogens (tertiary/aromatic N) is 3. The lowest BCUT2D eigenvalue weighted by Gasteiger charge is -2.58. The average Bonchev–Trinajstić information content (AvgIpc) is 3.32. The summed E-state index contributed by atoms with van der Waals surface area (Å²) in [4.78, 5) is 18.9. The molecule has 5 heterocycles. The lowest BCUT2D eigenvalue weighted by molar-refractivity contribution is -0.145. The van der Waals surface area contributed by atoms with E-state index in [-0.39, 0.29) is 5.41 Å². The summed E-state index contributed by atoms with van der Waals surface area (Å²) >= 11 is 0. The van der Waals surface area contributed by atoms with Crippen molar-refractivity contribution in [3.8, 4) is 0 Å². The summed E-state index contributed by atoms with van der Waals surface area (Å²) < 4.78 is 2.33. The first-order valence-electron chi connectivity index (χ1n) is 15.3. The molecule has 2 aromatic carbocycles. The number of hydrogen-bond acceptors (Lipinski definition) is 2. The third-order valence-corrected chi connectivity index (χ3v) is 10.2. The molecule has 7 rings (SSSR count). The van der Waals surface area contributed by atoms with Gasteiger partial charge in [-0.2, -0.15) is 0 Å². The molecule has 4 fully saturated rings. The van der Waals surface area contributed by atoms with Crippen molar-refractivity contribution in [1.82, 2.24) is 14.4 Å². The molecular weight excluding hydrogens is 478 g/mol. The first-order valence-corrected chi connectivity index (χ1v) is 15.3. The maximum Gasteiger partial charge on any atom is 0.250 e. The van der Waals surface area contributed by atoms with E-state index in [9.17, 15) is 4.79 Å². The predicted molar refractivity (Wildman–Crippen MR) is 160 cm³/mol. The molecule has 0 unspecified atom stereocenters. The van der Waals surface area contributed by atoms with E-state index in [1.807, 2.05) is 0 Å². The molecule has 0 N–H and O–H groups in total. The fourth-order valence-electron chi connectivity index (χ4n) is 8.28. The summed E-state index contributed by atoms with van der Waals surface area (Å²) in [5.41, 5.74) is 6.26. The summed E-state index contributed by atoms with van der Waals surface area (Å²) in [6, 6.07) is 19.1. The normalized spacial score (nSPS) is 28.5. The fraction of sp³-hybridized carbons (Fsp3) is 0.514. The zero-order chi connectivity index (χ0) is 26.7. The van der Waals surface area contributed by atoms with Crippen LogP contribution in [0.2, 0.25) is 0 Å². The molecule has 1 aromatic heterocycles. The zero-order valence-corrected chi connectivity index (χ0v) is 23.9. The van der Waals surface area contributed by atoms with Gasteiger partial charge >= 0.3 is 0 Å². The van der Waals surface area contributed by atoms with Gasteiger partial charge in [0.1, 0.15) is 0 Å². The number of benzene rings is 2. The van der Waals surface area contributed by atoms with E-state index >= 15 is 0 Å². The molecule has 0 bridgehead atoms. The van der Waals surface area contributed by atoms with E-state index in [1.165, 1.54) is 60.8 Å². The molecule has 1 amide bonds. The van der Waals surface area contributed by atoms with E-state index in [4.69, 9.17) is 0 Å². The van der Waals surface area contributed by atoms with E-state index < -0.39 is 0 Å². The van der Waals surface area contributed by atoms with Crippen LogP contribution >= 0.6 is 0 Å². The van der Waals surface area contributed by atoms with Gasteiger partial charge in [-0.3, -0.25) is 9.69 Å². The molecule has 4 aliphatic heterocycles. The minimum absolute atomic E-state index is 0.174. The van der Waals surface area contributed by atoms with Crippen molar-refractivity contribution in [3.63, 3.8) is 0 Å². The Kier molecular flexibility index (Phi) is 6.23. The lowest BCUT2D eigenvalue weighted by Crippen LogP contribution is -2.66. The van der Waals surface area contributed by atoms with Crippen LogP contribution < -0.4 is 0 Å². The van der Waals surface area contributed by atoms with Gasteiger partial charge in [0.2, 0.25) is 5.91 Å². The van der Waals surface area contributed by atoms with Crippen molar-refractivity contribution in [2.24, 2.45) is 11.8 Å². The van der Waals surface area contributed by atoms with Gasteiger partial charge in [-0.25, -0.2) is 0 Å². The molecule has 204 valence electrons. The quantitative estimate of drug-likeness (QED) is 0.352. The van der Waals surface area contributed by atoms with Crippen LogP contribution in [0.4, 0.5) is 0 Å². The summed E-state index contributed by atoms with van der Waals surface area (Å²) in [5.74, 6) is 1.66. The minimum atomic E-state index is 0.174.